The zero-order chi connectivity index (χ0) is 20.5. The Balaban J connectivity index is 1.56. The first kappa shape index (κ1) is 19.7. The van der Waals surface area contributed by atoms with Crippen molar-refractivity contribution in [3.63, 3.8) is 0 Å². The predicted octanol–water partition coefficient (Wildman–Crippen LogP) is 3.44. The van der Waals surface area contributed by atoms with Crippen LogP contribution in [-0.4, -0.2) is 30.1 Å². The lowest BCUT2D eigenvalue weighted by atomic mass is 10.1. The van der Waals surface area contributed by atoms with Crippen LogP contribution in [0.5, 0.6) is 0 Å². The molecular weight excluding hydrogens is 405 g/mol. The Bertz CT molecular complexity index is 1060. The molecule has 4 rings (SSSR count). The number of halogens is 3. The molecule has 1 aliphatic heterocycles. The standard InChI is InChI=1S/C20H17F3N2O3S/c21-15-6-14(7-25(20(15)27)8-17(22)23)24-19(26)16-5-13(2-1-11-9-28-10-11)18(29-16)12-3-4-12/h5-7,11-12,17H,3-4,8-10H2,(H,24,26). The van der Waals surface area contributed by atoms with Crippen LogP contribution < -0.4 is 10.9 Å². The Morgan fingerprint density at radius 1 is 1.34 bits per heavy atom. The molecule has 0 radical (unpaired) electrons. The molecular formula is C20H17F3N2O3S. The molecule has 1 saturated heterocycles. The number of hydrogen-bond donors (Lipinski definition) is 1. The van der Waals surface area contributed by atoms with E-state index in [1.54, 1.807) is 6.07 Å². The normalized spacial score (nSPS) is 16.3. The van der Waals surface area contributed by atoms with E-state index >= 15 is 0 Å². The Morgan fingerprint density at radius 3 is 2.72 bits per heavy atom. The lowest BCUT2D eigenvalue weighted by Crippen LogP contribution is -2.26. The molecule has 1 amide bonds. The lowest BCUT2D eigenvalue weighted by molar-refractivity contribution is -0.00300. The van der Waals surface area contributed by atoms with E-state index < -0.39 is 30.3 Å². The van der Waals surface area contributed by atoms with Gasteiger partial charge in [-0.3, -0.25) is 9.59 Å². The Labute approximate surface area is 168 Å². The number of pyridine rings is 1. The Kier molecular flexibility index (Phi) is 5.48. The summed E-state index contributed by atoms with van der Waals surface area (Å²) in [6, 6.07) is 2.53. The largest absolute Gasteiger partial charge is 0.379 e. The molecule has 0 atom stereocenters. The zero-order valence-electron chi connectivity index (χ0n) is 15.2. The predicted molar refractivity (Wildman–Crippen MR) is 102 cm³/mol. The van der Waals surface area contributed by atoms with Crippen LogP contribution in [0.25, 0.3) is 0 Å². The van der Waals surface area contributed by atoms with Crippen LogP contribution in [0.1, 0.15) is 38.9 Å². The van der Waals surface area contributed by atoms with Gasteiger partial charge in [0.05, 0.1) is 36.2 Å². The molecule has 29 heavy (non-hydrogen) atoms. The molecule has 0 aromatic carbocycles. The van der Waals surface area contributed by atoms with E-state index in [9.17, 15) is 22.8 Å². The van der Waals surface area contributed by atoms with Gasteiger partial charge in [0.25, 0.3) is 17.9 Å². The quantitative estimate of drug-likeness (QED) is 0.751. The van der Waals surface area contributed by atoms with Crippen LogP contribution in [-0.2, 0) is 11.3 Å². The van der Waals surface area contributed by atoms with Gasteiger partial charge in [-0.1, -0.05) is 11.8 Å². The van der Waals surface area contributed by atoms with Crippen molar-refractivity contribution < 1.29 is 22.7 Å². The fourth-order valence-electron chi connectivity index (χ4n) is 2.91. The van der Waals surface area contributed by atoms with Gasteiger partial charge in [-0.2, -0.15) is 0 Å². The third kappa shape index (κ3) is 4.54. The molecule has 2 aromatic rings. The van der Waals surface area contributed by atoms with Gasteiger partial charge in [0.1, 0.15) is 0 Å². The minimum Gasteiger partial charge on any atom is -0.379 e. The van der Waals surface area contributed by atoms with Crippen LogP contribution in [0.2, 0.25) is 0 Å². The first-order valence-corrected chi connectivity index (χ1v) is 9.95. The number of anilines is 1. The molecule has 5 nitrogen and oxygen atoms in total. The molecule has 152 valence electrons. The number of carbonyl (C=O) groups is 1. The molecule has 1 saturated carbocycles. The van der Waals surface area contributed by atoms with Crippen LogP contribution in [0.3, 0.4) is 0 Å². The van der Waals surface area contributed by atoms with Crippen LogP contribution >= 0.6 is 11.3 Å². The minimum absolute atomic E-state index is 0.0617. The zero-order valence-corrected chi connectivity index (χ0v) is 16.0. The van der Waals surface area contributed by atoms with Gasteiger partial charge in [0, 0.05) is 22.7 Å². The van der Waals surface area contributed by atoms with Crippen molar-refractivity contribution in [1.29, 1.82) is 0 Å². The maximum Gasteiger partial charge on any atom is 0.286 e. The van der Waals surface area contributed by atoms with Crippen molar-refractivity contribution in [3.8, 4) is 11.8 Å². The lowest BCUT2D eigenvalue weighted by Gasteiger charge is -2.19. The average Bonchev–Trinajstić information content (AvgIpc) is 3.37. The summed E-state index contributed by atoms with van der Waals surface area (Å²) >= 11 is 1.33. The van der Waals surface area contributed by atoms with Crippen LogP contribution in [0.4, 0.5) is 18.9 Å². The molecule has 9 heteroatoms. The summed E-state index contributed by atoms with van der Waals surface area (Å²) in [7, 11) is 0. The third-order valence-corrected chi connectivity index (χ3v) is 5.91. The number of amides is 1. The number of aromatic nitrogens is 1. The highest BCUT2D eigenvalue weighted by Crippen LogP contribution is 2.45. The highest BCUT2D eigenvalue weighted by atomic mass is 32.1. The summed E-state index contributed by atoms with van der Waals surface area (Å²) in [5, 5.41) is 2.49. The van der Waals surface area contributed by atoms with Gasteiger partial charge in [-0.15, -0.1) is 11.3 Å². The molecule has 1 N–H and O–H groups in total. The number of nitrogens with one attached hydrogen (secondary N) is 1. The number of rotatable bonds is 5. The van der Waals surface area contributed by atoms with Gasteiger partial charge in [-0.05, 0) is 24.8 Å². The second-order valence-corrected chi connectivity index (χ2v) is 8.13. The topological polar surface area (TPSA) is 60.3 Å². The van der Waals surface area contributed by atoms with Crippen molar-refractivity contribution in [1.82, 2.24) is 4.57 Å². The summed E-state index contributed by atoms with van der Waals surface area (Å²) in [5.41, 5.74) is -0.412. The van der Waals surface area contributed by atoms with E-state index in [-0.39, 0.29) is 11.6 Å². The van der Waals surface area contributed by atoms with Gasteiger partial charge in [0.2, 0.25) is 0 Å². The third-order valence-electron chi connectivity index (χ3n) is 4.62. The number of alkyl halides is 2. The molecule has 2 aliphatic rings. The fourth-order valence-corrected chi connectivity index (χ4v) is 4.09. The van der Waals surface area contributed by atoms with Crippen molar-refractivity contribution in [2.75, 3.05) is 18.5 Å². The van der Waals surface area contributed by atoms with Crippen molar-refractivity contribution in [2.24, 2.45) is 5.92 Å². The summed E-state index contributed by atoms with van der Waals surface area (Å²) < 4.78 is 44.6. The van der Waals surface area contributed by atoms with Gasteiger partial charge < -0.3 is 14.6 Å². The molecule has 1 aliphatic carbocycles. The van der Waals surface area contributed by atoms with E-state index in [1.165, 1.54) is 11.3 Å². The first-order valence-electron chi connectivity index (χ1n) is 9.13. The first-order chi connectivity index (χ1) is 13.9. The summed E-state index contributed by atoms with van der Waals surface area (Å²) in [5.74, 6) is 5.17. The summed E-state index contributed by atoms with van der Waals surface area (Å²) in [6.45, 7) is 0.279. The monoisotopic (exact) mass is 422 g/mol. The Hall–Kier alpha value is -2.57. The van der Waals surface area contributed by atoms with Gasteiger partial charge in [-0.25, -0.2) is 13.2 Å². The maximum absolute atomic E-state index is 13.8. The average molecular weight is 422 g/mol. The highest BCUT2D eigenvalue weighted by Gasteiger charge is 2.29. The second kappa shape index (κ2) is 8.05. The summed E-state index contributed by atoms with van der Waals surface area (Å²) in [4.78, 5) is 25.7. The number of nitrogens with zero attached hydrogens (tertiary/aromatic N) is 1. The SMILES string of the molecule is O=C(Nc1cc(F)c(=O)n(CC(F)F)c1)c1cc(C#CC2COC2)c(C2CC2)s1. The molecule has 2 aromatic heterocycles. The second-order valence-electron chi connectivity index (χ2n) is 7.05. The van der Waals surface area contributed by atoms with Crippen LogP contribution in [0, 0.1) is 23.6 Å². The van der Waals surface area contributed by atoms with E-state index in [0.717, 1.165) is 35.5 Å². The van der Waals surface area contributed by atoms with E-state index in [1.807, 2.05) is 0 Å². The van der Waals surface area contributed by atoms with E-state index in [2.05, 4.69) is 17.2 Å². The van der Waals surface area contributed by atoms with E-state index in [0.29, 0.717) is 28.6 Å². The van der Waals surface area contributed by atoms with Crippen LogP contribution in [0.15, 0.2) is 23.1 Å². The van der Waals surface area contributed by atoms with Gasteiger partial charge in [0.15, 0.2) is 5.82 Å². The molecule has 0 spiro atoms. The van der Waals surface area contributed by atoms with E-state index in [4.69, 9.17) is 4.74 Å². The molecule has 0 unspecified atom stereocenters. The molecule has 3 heterocycles. The number of carbonyl (C=O) groups excluding carboxylic acids is 1. The Morgan fingerprint density at radius 2 is 2.10 bits per heavy atom. The van der Waals surface area contributed by atoms with Crippen molar-refractivity contribution in [3.05, 3.63) is 49.8 Å². The maximum atomic E-state index is 13.8. The number of hydrogen-bond acceptors (Lipinski definition) is 4. The highest BCUT2D eigenvalue weighted by molar-refractivity contribution is 7.14. The molecule has 0 bridgehead atoms. The number of thiophene rings is 1. The van der Waals surface area contributed by atoms with Gasteiger partial charge >= 0.3 is 0 Å². The number of ether oxygens (including phenoxy) is 1. The van der Waals surface area contributed by atoms with Crippen molar-refractivity contribution in [2.45, 2.75) is 31.7 Å². The minimum atomic E-state index is -2.82. The smallest absolute Gasteiger partial charge is 0.286 e. The molecule has 2 fully saturated rings. The van der Waals surface area contributed by atoms with Crippen molar-refractivity contribution >= 4 is 22.9 Å². The summed E-state index contributed by atoms with van der Waals surface area (Å²) in [6.07, 6.45) is 0.292. The fraction of sp³-hybridized carbons (Fsp3) is 0.400.